The number of hydrogen-bond donors (Lipinski definition) is 2. The van der Waals surface area contributed by atoms with Crippen LogP contribution in [-0.2, 0) is 11.3 Å². The number of para-hydroxylation sites is 1. The molecule has 31 heavy (non-hydrogen) atoms. The van der Waals surface area contributed by atoms with Gasteiger partial charge >= 0.3 is 0 Å². The molecule has 0 bridgehead atoms. The van der Waals surface area contributed by atoms with Gasteiger partial charge in [-0.15, -0.1) is 0 Å². The number of carbonyl (C=O) groups is 1. The van der Waals surface area contributed by atoms with Crippen molar-refractivity contribution in [1.29, 1.82) is 0 Å². The quantitative estimate of drug-likeness (QED) is 0.431. The van der Waals surface area contributed by atoms with Gasteiger partial charge in [-0.25, -0.2) is 0 Å². The van der Waals surface area contributed by atoms with Crippen LogP contribution in [0.5, 0.6) is 11.5 Å². The van der Waals surface area contributed by atoms with Crippen molar-refractivity contribution in [2.24, 2.45) is 0 Å². The molecular weight excluding hydrogens is 412 g/mol. The van der Waals surface area contributed by atoms with E-state index in [9.17, 15) is 4.79 Å². The van der Waals surface area contributed by atoms with E-state index in [1.165, 1.54) is 0 Å². The van der Waals surface area contributed by atoms with E-state index >= 15 is 0 Å². The van der Waals surface area contributed by atoms with Crippen LogP contribution < -0.4 is 20.1 Å². The van der Waals surface area contributed by atoms with E-state index in [2.05, 4.69) is 10.6 Å². The number of ether oxygens (including phenoxy) is 2. The van der Waals surface area contributed by atoms with Gasteiger partial charge in [0.25, 0.3) is 5.91 Å². The molecule has 0 aliphatic carbocycles. The highest BCUT2D eigenvalue weighted by atomic mass is 35.5. The average Bonchev–Trinajstić information content (AvgIpc) is 2.76. The smallest absolute Gasteiger partial charge is 0.262 e. The second kappa shape index (κ2) is 10.7. The van der Waals surface area contributed by atoms with Crippen LogP contribution in [0.2, 0.25) is 5.02 Å². The summed E-state index contributed by atoms with van der Waals surface area (Å²) in [6, 6.07) is 19.1. The summed E-state index contributed by atoms with van der Waals surface area (Å²) in [5.74, 6) is 0.903. The number of rotatable bonds is 9. The highest BCUT2D eigenvalue weighted by Crippen LogP contribution is 2.29. The minimum absolute atomic E-state index is 0.106. The van der Waals surface area contributed by atoms with Gasteiger partial charge in [-0.3, -0.25) is 4.79 Å². The molecular formula is C25H27ClN2O3. The molecule has 0 fully saturated rings. The first-order chi connectivity index (χ1) is 15.0. The molecule has 6 heteroatoms. The van der Waals surface area contributed by atoms with Gasteiger partial charge in [0, 0.05) is 12.2 Å². The lowest BCUT2D eigenvalue weighted by atomic mass is 10.1. The lowest BCUT2D eigenvalue weighted by molar-refractivity contribution is -0.118. The summed E-state index contributed by atoms with van der Waals surface area (Å²) in [5, 5.41) is 6.88. The van der Waals surface area contributed by atoms with E-state index in [4.69, 9.17) is 21.1 Å². The van der Waals surface area contributed by atoms with E-state index < -0.39 is 0 Å². The van der Waals surface area contributed by atoms with Crippen LogP contribution in [0, 0.1) is 13.8 Å². The Bertz CT molecular complexity index is 1050. The van der Waals surface area contributed by atoms with E-state index in [-0.39, 0.29) is 12.5 Å². The Hall–Kier alpha value is -3.18. The van der Waals surface area contributed by atoms with Gasteiger partial charge in [-0.1, -0.05) is 41.9 Å². The lowest BCUT2D eigenvalue weighted by Crippen LogP contribution is -2.21. The van der Waals surface area contributed by atoms with Crippen molar-refractivity contribution in [3.05, 3.63) is 82.4 Å². The number of aryl methyl sites for hydroxylation is 1. The summed E-state index contributed by atoms with van der Waals surface area (Å²) >= 11 is 6.20. The molecule has 0 radical (unpaired) electrons. The fraction of sp³-hybridized carbons (Fsp3) is 0.240. The number of nitrogens with one attached hydrogen (secondary N) is 2. The Kier molecular flexibility index (Phi) is 7.79. The molecule has 1 amide bonds. The summed E-state index contributed by atoms with van der Waals surface area (Å²) in [7, 11) is 0. The highest BCUT2D eigenvalue weighted by Gasteiger charge is 2.11. The molecule has 5 nitrogen and oxygen atoms in total. The van der Waals surface area contributed by atoms with Crippen LogP contribution >= 0.6 is 11.6 Å². The first kappa shape index (κ1) is 22.5. The standard InChI is InChI=1S/C25H27ClN2O3/c1-4-30-24-14-19(15-27-22-10-6-5-9-20(22)26)12-13-23(24)31-16-25(29)28-21-11-7-8-17(2)18(21)3/h5-14,27H,4,15-16H2,1-3H3,(H,28,29). The monoisotopic (exact) mass is 438 g/mol. The Balaban J connectivity index is 1.63. The molecule has 0 saturated carbocycles. The van der Waals surface area contributed by atoms with Gasteiger partial charge in [0.05, 0.1) is 17.3 Å². The predicted molar refractivity (Wildman–Crippen MR) is 126 cm³/mol. The van der Waals surface area contributed by atoms with E-state index in [0.29, 0.717) is 29.7 Å². The van der Waals surface area contributed by atoms with Gasteiger partial charge < -0.3 is 20.1 Å². The molecule has 0 atom stereocenters. The number of carbonyl (C=O) groups excluding carboxylic acids is 1. The van der Waals surface area contributed by atoms with Crippen molar-refractivity contribution in [3.8, 4) is 11.5 Å². The molecule has 3 aromatic carbocycles. The van der Waals surface area contributed by atoms with Crippen LogP contribution in [-0.4, -0.2) is 19.1 Å². The van der Waals surface area contributed by atoms with Crippen molar-refractivity contribution in [2.75, 3.05) is 23.8 Å². The van der Waals surface area contributed by atoms with Crippen molar-refractivity contribution < 1.29 is 14.3 Å². The number of anilines is 2. The maximum absolute atomic E-state index is 12.4. The molecule has 3 rings (SSSR count). The molecule has 0 saturated heterocycles. The minimum Gasteiger partial charge on any atom is -0.490 e. The highest BCUT2D eigenvalue weighted by molar-refractivity contribution is 6.33. The van der Waals surface area contributed by atoms with Crippen LogP contribution in [0.15, 0.2) is 60.7 Å². The van der Waals surface area contributed by atoms with Crippen LogP contribution in [0.25, 0.3) is 0 Å². The van der Waals surface area contributed by atoms with Gasteiger partial charge in [-0.2, -0.15) is 0 Å². The molecule has 0 unspecified atom stereocenters. The van der Waals surface area contributed by atoms with Gasteiger partial charge in [0.1, 0.15) is 0 Å². The fourth-order valence-corrected chi connectivity index (χ4v) is 3.27. The van der Waals surface area contributed by atoms with Gasteiger partial charge in [-0.05, 0) is 67.8 Å². The first-order valence-electron chi connectivity index (χ1n) is 10.2. The molecule has 0 heterocycles. The maximum Gasteiger partial charge on any atom is 0.262 e. The number of benzene rings is 3. The van der Waals surface area contributed by atoms with Crippen LogP contribution in [0.4, 0.5) is 11.4 Å². The summed E-state index contributed by atoms with van der Waals surface area (Å²) in [6.45, 7) is 6.87. The van der Waals surface area contributed by atoms with Crippen molar-refractivity contribution in [1.82, 2.24) is 0 Å². The van der Waals surface area contributed by atoms with Crippen LogP contribution in [0.1, 0.15) is 23.6 Å². The predicted octanol–water partition coefficient (Wildman–Crippen LogP) is 5.99. The van der Waals surface area contributed by atoms with Crippen molar-refractivity contribution in [3.63, 3.8) is 0 Å². The molecule has 0 aromatic heterocycles. The Morgan fingerprint density at radius 3 is 2.48 bits per heavy atom. The van der Waals surface area contributed by atoms with Gasteiger partial charge in [0.15, 0.2) is 18.1 Å². The Morgan fingerprint density at radius 1 is 0.935 bits per heavy atom. The van der Waals surface area contributed by atoms with E-state index in [1.807, 2.05) is 81.4 Å². The Morgan fingerprint density at radius 2 is 1.71 bits per heavy atom. The first-order valence-corrected chi connectivity index (χ1v) is 10.6. The third-order valence-electron chi connectivity index (χ3n) is 4.90. The molecule has 3 aromatic rings. The maximum atomic E-state index is 12.4. The molecule has 0 aliphatic rings. The largest absolute Gasteiger partial charge is 0.490 e. The second-order valence-electron chi connectivity index (χ2n) is 7.13. The summed E-state index contributed by atoms with van der Waals surface area (Å²) in [5.41, 5.74) is 4.83. The summed E-state index contributed by atoms with van der Waals surface area (Å²) < 4.78 is 11.5. The molecule has 162 valence electrons. The normalized spacial score (nSPS) is 10.5. The zero-order chi connectivity index (χ0) is 22.2. The lowest BCUT2D eigenvalue weighted by Gasteiger charge is -2.15. The molecule has 0 aliphatic heterocycles. The minimum atomic E-state index is -0.222. The number of amides is 1. The fourth-order valence-electron chi connectivity index (χ4n) is 3.07. The second-order valence-corrected chi connectivity index (χ2v) is 7.54. The number of halogens is 1. The summed E-state index contributed by atoms with van der Waals surface area (Å²) in [6.07, 6.45) is 0. The summed E-state index contributed by atoms with van der Waals surface area (Å²) in [4.78, 5) is 12.4. The number of hydrogen-bond acceptors (Lipinski definition) is 4. The average molecular weight is 439 g/mol. The van der Waals surface area contributed by atoms with Crippen LogP contribution in [0.3, 0.4) is 0 Å². The van der Waals surface area contributed by atoms with Crippen molar-refractivity contribution in [2.45, 2.75) is 27.3 Å². The Labute approximate surface area is 188 Å². The zero-order valence-electron chi connectivity index (χ0n) is 18.0. The van der Waals surface area contributed by atoms with E-state index in [0.717, 1.165) is 28.1 Å². The van der Waals surface area contributed by atoms with E-state index in [1.54, 1.807) is 0 Å². The third kappa shape index (κ3) is 6.15. The third-order valence-corrected chi connectivity index (χ3v) is 5.23. The topological polar surface area (TPSA) is 59.6 Å². The zero-order valence-corrected chi connectivity index (χ0v) is 18.8. The molecule has 2 N–H and O–H groups in total. The SMILES string of the molecule is CCOc1cc(CNc2ccccc2Cl)ccc1OCC(=O)Nc1cccc(C)c1C. The van der Waals surface area contributed by atoms with Gasteiger partial charge in [0.2, 0.25) is 0 Å². The molecule has 0 spiro atoms. The van der Waals surface area contributed by atoms with Crippen molar-refractivity contribution >= 4 is 28.9 Å².